The third kappa shape index (κ3) is 5.93. The number of rotatable bonds is 6. The molecular formula is C58H35N3O2. The van der Waals surface area contributed by atoms with Crippen LogP contribution in [0.2, 0.25) is 0 Å². The van der Waals surface area contributed by atoms with E-state index in [1.807, 2.05) is 48.7 Å². The molecule has 13 rings (SSSR count). The number of para-hydroxylation sites is 2. The van der Waals surface area contributed by atoms with Gasteiger partial charge in [0.25, 0.3) is 0 Å². The lowest BCUT2D eigenvalue weighted by Crippen LogP contribution is -2.10. The fraction of sp³-hybridized carbons (Fsp3) is 0. The van der Waals surface area contributed by atoms with Crippen molar-refractivity contribution in [2.24, 2.45) is 0 Å². The van der Waals surface area contributed by atoms with Crippen LogP contribution >= 0.6 is 0 Å². The monoisotopic (exact) mass is 805 g/mol. The Bertz CT molecular complexity index is 3760. The zero-order chi connectivity index (χ0) is 41.4. The van der Waals surface area contributed by atoms with Gasteiger partial charge in [0.05, 0.1) is 11.4 Å². The molecule has 0 aliphatic rings. The van der Waals surface area contributed by atoms with Gasteiger partial charge >= 0.3 is 0 Å². The first kappa shape index (κ1) is 35.2. The maximum absolute atomic E-state index is 6.21. The van der Waals surface area contributed by atoms with Crippen molar-refractivity contribution in [2.75, 3.05) is 4.90 Å². The molecule has 4 heterocycles. The van der Waals surface area contributed by atoms with Crippen LogP contribution in [0.25, 0.3) is 110 Å². The summed E-state index contributed by atoms with van der Waals surface area (Å²) in [4.78, 5) is 12.1. The summed E-state index contributed by atoms with van der Waals surface area (Å²) in [5.74, 6) is 0. The largest absolute Gasteiger partial charge is 0.456 e. The van der Waals surface area contributed by atoms with E-state index >= 15 is 0 Å². The second kappa shape index (κ2) is 14.0. The average molecular weight is 806 g/mol. The Kier molecular flexibility index (Phi) is 7.84. The van der Waals surface area contributed by atoms with E-state index in [1.165, 1.54) is 43.4 Å². The molecule has 0 bridgehead atoms. The van der Waals surface area contributed by atoms with E-state index < -0.39 is 0 Å². The SMILES string of the molecule is c1ccc2cc(-c3ccc4c(ccc5cc(N(c6ccc(-c7cc8oc9ccccc9c8cn7)cc6)c6ccc(-c7ccc8c(n7)oc7ccccc78)cc6)ccc54)c3)ccc2c1. The number of aromatic nitrogens is 2. The van der Waals surface area contributed by atoms with Crippen LogP contribution in [-0.4, -0.2) is 9.97 Å². The first-order valence-electron chi connectivity index (χ1n) is 21.2. The predicted octanol–water partition coefficient (Wildman–Crippen LogP) is 16.2. The van der Waals surface area contributed by atoms with Crippen LogP contribution in [0.4, 0.5) is 17.1 Å². The van der Waals surface area contributed by atoms with Crippen molar-refractivity contribution in [1.82, 2.24) is 9.97 Å². The molecule has 0 radical (unpaired) electrons. The van der Waals surface area contributed by atoms with Crippen LogP contribution in [0, 0.1) is 0 Å². The lowest BCUT2D eigenvalue weighted by molar-refractivity contribution is 0.654. The van der Waals surface area contributed by atoms with Gasteiger partial charge in [-0.3, -0.25) is 4.98 Å². The molecule has 294 valence electrons. The Morgan fingerprint density at radius 1 is 0.317 bits per heavy atom. The molecule has 0 saturated heterocycles. The molecule has 0 amide bonds. The molecule has 0 aliphatic carbocycles. The quantitative estimate of drug-likeness (QED) is 0.157. The zero-order valence-electron chi connectivity index (χ0n) is 33.9. The van der Waals surface area contributed by atoms with E-state index in [9.17, 15) is 0 Å². The van der Waals surface area contributed by atoms with E-state index in [0.29, 0.717) is 5.71 Å². The second-order valence-corrected chi connectivity index (χ2v) is 16.2. The van der Waals surface area contributed by atoms with Crippen LogP contribution < -0.4 is 4.90 Å². The van der Waals surface area contributed by atoms with Gasteiger partial charge in [0.1, 0.15) is 16.7 Å². The lowest BCUT2D eigenvalue weighted by atomic mass is 9.96. The fourth-order valence-corrected chi connectivity index (χ4v) is 9.30. The summed E-state index contributed by atoms with van der Waals surface area (Å²) in [6.07, 6.45) is 1.92. The normalized spacial score (nSPS) is 11.8. The number of benzene rings is 9. The zero-order valence-corrected chi connectivity index (χ0v) is 33.9. The van der Waals surface area contributed by atoms with Crippen molar-refractivity contribution in [3.05, 3.63) is 212 Å². The molecule has 5 heteroatoms. The molecule has 0 atom stereocenters. The molecule has 0 saturated carbocycles. The lowest BCUT2D eigenvalue weighted by Gasteiger charge is -2.26. The maximum atomic E-state index is 6.21. The summed E-state index contributed by atoms with van der Waals surface area (Å²) in [6, 6.07) is 73.0. The number of pyridine rings is 2. The first-order valence-corrected chi connectivity index (χ1v) is 21.2. The molecular weight excluding hydrogens is 771 g/mol. The van der Waals surface area contributed by atoms with Crippen molar-refractivity contribution in [3.63, 3.8) is 0 Å². The first-order chi connectivity index (χ1) is 31.2. The summed E-state index contributed by atoms with van der Waals surface area (Å²) >= 11 is 0. The van der Waals surface area contributed by atoms with Gasteiger partial charge < -0.3 is 13.7 Å². The van der Waals surface area contributed by atoms with E-state index in [1.54, 1.807) is 0 Å². The highest BCUT2D eigenvalue weighted by Gasteiger charge is 2.17. The molecule has 5 nitrogen and oxygen atoms in total. The maximum Gasteiger partial charge on any atom is 0.227 e. The molecule has 0 N–H and O–H groups in total. The molecule has 63 heavy (non-hydrogen) atoms. The van der Waals surface area contributed by atoms with Crippen LogP contribution in [0.5, 0.6) is 0 Å². The van der Waals surface area contributed by atoms with Crippen molar-refractivity contribution >= 4 is 93.4 Å². The van der Waals surface area contributed by atoms with Crippen molar-refractivity contribution in [1.29, 1.82) is 0 Å². The summed E-state index contributed by atoms with van der Waals surface area (Å²) in [5, 5.41) is 11.5. The Hall–Kier alpha value is -8.54. The summed E-state index contributed by atoms with van der Waals surface area (Å²) in [6.45, 7) is 0. The highest BCUT2D eigenvalue weighted by molar-refractivity contribution is 6.10. The van der Waals surface area contributed by atoms with Gasteiger partial charge in [0.2, 0.25) is 5.71 Å². The number of furan rings is 2. The minimum Gasteiger partial charge on any atom is -0.456 e. The van der Waals surface area contributed by atoms with Crippen molar-refractivity contribution < 1.29 is 8.83 Å². The smallest absolute Gasteiger partial charge is 0.227 e. The van der Waals surface area contributed by atoms with Gasteiger partial charge in [-0.2, -0.15) is 0 Å². The van der Waals surface area contributed by atoms with Gasteiger partial charge in [-0.1, -0.05) is 127 Å². The summed E-state index contributed by atoms with van der Waals surface area (Å²) < 4.78 is 12.4. The van der Waals surface area contributed by atoms with Crippen LogP contribution in [-0.2, 0) is 0 Å². The summed E-state index contributed by atoms with van der Waals surface area (Å²) in [7, 11) is 0. The van der Waals surface area contributed by atoms with Crippen LogP contribution in [0.3, 0.4) is 0 Å². The molecule has 0 unspecified atom stereocenters. The number of fused-ring (bicyclic) bond motifs is 10. The number of anilines is 3. The number of hydrogen-bond donors (Lipinski definition) is 0. The van der Waals surface area contributed by atoms with Crippen molar-refractivity contribution in [3.8, 4) is 33.6 Å². The second-order valence-electron chi connectivity index (χ2n) is 16.2. The topological polar surface area (TPSA) is 55.3 Å². The van der Waals surface area contributed by atoms with Gasteiger partial charge in [0.15, 0.2) is 0 Å². The third-order valence-corrected chi connectivity index (χ3v) is 12.5. The van der Waals surface area contributed by atoms with Crippen LogP contribution in [0.1, 0.15) is 0 Å². The molecule has 9 aromatic carbocycles. The van der Waals surface area contributed by atoms with Gasteiger partial charge in [-0.25, -0.2) is 4.98 Å². The third-order valence-electron chi connectivity index (χ3n) is 12.5. The highest BCUT2D eigenvalue weighted by atomic mass is 16.3. The van der Waals surface area contributed by atoms with Crippen LogP contribution in [0.15, 0.2) is 221 Å². The summed E-state index contributed by atoms with van der Waals surface area (Å²) in [5.41, 5.74) is 12.5. The van der Waals surface area contributed by atoms with E-state index in [4.69, 9.17) is 18.8 Å². The standard InChI is InChI=1S/C58H35N3O2/c1-2-8-39-31-40(14-13-36(39)7-1)41-21-27-47-42(32-41)15-16-43-33-46(26-28-48(43)47)61(44-22-17-37(18-23-44)53-30-29-51-49-9-3-6-12-56(49)63-58(51)60-53)45-24-19-38(20-25-45)54-34-57-52(35-59-54)50-10-4-5-11-55(50)62-57/h1-35H. The predicted molar refractivity (Wildman–Crippen MR) is 260 cm³/mol. The Morgan fingerprint density at radius 3 is 1.62 bits per heavy atom. The number of nitrogens with zero attached hydrogens (tertiary/aromatic N) is 3. The Morgan fingerprint density at radius 2 is 0.857 bits per heavy atom. The van der Waals surface area contributed by atoms with Gasteiger partial charge in [-0.15, -0.1) is 0 Å². The minimum absolute atomic E-state index is 0.641. The van der Waals surface area contributed by atoms with E-state index in [-0.39, 0.29) is 0 Å². The van der Waals surface area contributed by atoms with E-state index in [2.05, 4.69) is 169 Å². The van der Waals surface area contributed by atoms with Gasteiger partial charge in [-0.05, 0) is 116 Å². The molecule has 4 aromatic heterocycles. The highest BCUT2D eigenvalue weighted by Crippen LogP contribution is 2.40. The van der Waals surface area contributed by atoms with Gasteiger partial charge in [0, 0.05) is 62.0 Å². The van der Waals surface area contributed by atoms with Crippen molar-refractivity contribution in [2.45, 2.75) is 0 Å². The fourth-order valence-electron chi connectivity index (χ4n) is 9.30. The average Bonchev–Trinajstić information content (AvgIpc) is 3.92. The minimum atomic E-state index is 0.641. The molecule has 13 aromatic rings. The van der Waals surface area contributed by atoms with E-state index in [0.717, 1.165) is 77.9 Å². The molecule has 0 aliphatic heterocycles. The number of hydrogen-bond acceptors (Lipinski definition) is 5. The Labute approximate surface area is 361 Å². The Balaban J connectivity index is 0.884. The molecule has 0 spiro atoms. The molecule has 0 fully saturated rings.